The lowest BCUT2D eigenvalue weighted by Crippen LogP contribution is -2.17. The Hall–Kier alpha value is -1.32. The van der Waals surface area contributed by atoms with Crippen molar-refractivity contribution >= 4 is 11.7 Å². The van der Waals surface area contributed by atoms with Crippen LogP contribution in [0.1, 0.15) is 19.8 Å². The predicted molar refractivity (Wildman–Crippen MR) is 57.6 cm³/mol. The number of nitrogens with zero attached hydrogens (tertiary/aromatic N) is 3. The summed E-state index contributed by atoms with van der Waals surface area (Å²) in [5.41, 5.74) is 0. The summed E-state index contributed by atoms with van der Waals surface area (Å²) in [5, 5.41) is 7.54. The monoisotopic (exact) mass is 192 g/mol. The standard InChI is InChI=1S/C10H16N4/c1-3-14-9(6-7-12-14)13-10(11-2)8-4-5-8/h6-8H,3-5H2,1-2H3,(H,11,13). The van der Waals surface area contributed by atoms with Gasteiger partial charge in [0, 0.05) is 25.6 Å². The van der Waals surface area contributed by atoms with Crippen LogP contribution in [-0.2, 0) is 6.54 Å². The Morgan fingerprint density at radius 3 is 3.07 bits per heavy atom. The minimum Gasteiger partial charge on any atom is -0.329 e. The Labute approximate surface area is 84.0 Å². The van der Waals surface area contributed by atoms with Gasteiger partial charge in [0.25, 0.3) is 0 Å². The molecule has 0 atom stereocenters. The fourth-order valence-electron chi connectivity index (χ4n) is 1.52. The van der Waals surface area contributed by atoms with Crippen molar-refractivity contribution in [1.82, 2.24) is 9.78 Å². The molecule has 1 heterocycles. The number of aromatic nitrogens is 2. The van der Waals surface area contributed by atoms with Gasteiger partial charge in [-0.2, -0.15) is 5.10 Å². The highest BCUT2D eigenvalue weighted by atomic mass is 15.3. The lowest BCUT2D eigenvalue weighted by atomic mass is 10.4. The zero-order chi connectivity index (χ0) is 9.97. The van der Waals surface area contributed by atoms with Gasteiger partial charge in [0.15, 0.2) is 0 Å². The molecule has 0 spiro atoms. The van der Waals surface area contributed by atoms with Crippen LogP contribution in [-0.4, -0.2) is 22.7 Å². The number of aryl methyl sites for hydroxylation is 1. The smallest absolute Gasteiger partial charge is 0.129 e. The van der Waals surface area contributed by atoms with Crippen LogP contribution >= 0.6 is 0 Å². The highest BCUT2D eigenvalue weighted by Gasteiger charge is 2.27. The minimum atomic E-state index is 0.653. The zero-order valence-corrected chi connectivity index (χ0v) is 8.70. The van der Waals surface area contributed by atoms with E-state index in [9.17, 15) is 0 Å². The highest BCUT2D eigenvalue weighted by molar-refractivity contribution is 5.97. The molecule has 1 saturated carbocycles. The molecular formula is C10H16N4. The van der Waals surface area contributed by atoms with Crippen LogP contribution in [0.2, 0.25) is 0 Å². The number of hydrogen-bond acceptors (Lipinski definition) is 2. The fourth-order valence-corrected chi connectivity index (χ4v) is 1.52. The summed E-state index contributed by atoms with van der Waals surface area (Å²) in [7, 11) is 1.84. The summed E-state index contributed by atoms with van der Waals surface area (Å²) in [6, 6.07) is 1.98. The number of aliphatic imine (C=N–C) groups is 1. The molecule has 1 aromatic heterocycles. The van der Waals surface area contributed by atoms with Crippen LogP contribution < -0.4 is 5.32 Å². The Morgan fingerprint density at radius 1 is 1.71 bits per heavy atom. The Kier molecular flexibility index (Phi) is 2.52. The third-order valence-corrected chi connectivity index (χ3v) is 2.48. The number of hydrogen-bond donors (Lipinski definition) is 1. The fraction of sp³-hybridized carbons (Fsp3) is 0.600. The summed E-state index contributed by atoms with van der Waals surface area (Å²) in [4.78, 5) is 4.26. The van der Waals surface area contributed by atoms with Crippen molar-refractivity contribution in [2.75, 3.05) is 12.4 Å². The molecule has 0 amide bonds. The van der Waals surface area contributed by atoms with E-state index < -0.39 is 0 Å². The van der Waals surface area contributed by atoms with E-state index in [1.54, 1.807) is 0 Å². The first-order valence-corrected chi connectivity index (χ1v) is 5.10. The van der Waals surface area contributed by atoms with Crippen molar-refractivity contribution in [3.63, 3.8) is 0 Å². The van der Waals surface area contributed by atoms with E-state index in [0.717, 1.165) is 18.2 Å². The first kappa shape index (κ1) is 9.24. The van der Waals surface area contributed by atoms with Gasteiger partial charge in [-0.15, -0.1) is 0 Å². The largest absolute Gasteiger partial charge is 0.329 e. The molecule has 2 rings (SSSR count). The van der Waals surface area contributed by atoms with E-state index in [1.807, 2.05) is 24.0 Å². The van der Waals surface area contributed by atoms with Crippen molar-refractivity contribution in [1.29, 1.82) is 0 Å². The molecule has 1 N–H and O–H groups in total. The lowest BCUT2D eigenvalue weighted by molar-refractivity contribution is 0.668. The minimum absolute atomic E-state index is 0.653. The molecule has 76 valence electrons. The maximum absolute atomic E-state index is 4.26. The third kappa shape index (κ3) is 1.78. The van der Waals surface area contributed by atoms with Crippen molar-refractivity contribution in [2.45, 2.75) is 26.3 Å². The first-order valence-electron chi connectivity index (χ1n) is 5.10. The SMILES string of the molecule is CCn1nccc1NC(=NC)C1CC1. The van der Waals surface area contributed by atoms with Gasteiger partial charge in [0.05, 0.1) is 6.20 Å². The van der Waals surface area contributed by atoms with Crippen molar-refractivity contribution in [2.24, 2.45) is 10.9 Å². The van der Waals surface area contributed by atoms with Crippen LogP contribution in [0.5, 0.6) is 0 Å². The quantitative estimate of drug-likeness (QED) is 0.585. The second kappa shape index (κ2) is 3.82. The summed E-state index contributed by atoms with van der Waals surface area (Å²) in [6.45, 7) is 2.97. The van der Waals surface area contributed by atoms with E-state index in [1.165, 1.54) is 12.8 Å². The molecule has 0 saturated heterocycles. The van der Waals surface area contributed by atoms with Gasteiger partial charge in [-0.1, -0.05) is 0 Å². The zero-order valence-electron chi connectivity index (χ0n) is 8.70. The van der Waals surface area contributed by atoms with Gasteiger partial charge < -0.3 is 5.32 Å². The second-order valence-electron chi connectivity index (χ2n) is 3.54. The number of nitrogens with one attached hydrogen (secondary N) is 1. The summed E-state index contributed by atoms with van der Waals surface area (Å²) < 4.78 is 1.94. The molecule has 0 bridgehead atoms. The topological polar surface area (TPSA) is 42.2 Å². The van der Waals surface area contributed by atoms with E-state index >= 15 is 0 Å². The van der Waals surface area contributed by atoms with Crippen molar-refractivity contribution in [3.8, 4) is 0 Å². The van der Waals surface area contributed by atoms with Crippen LogP contribution in [0.4, 0.5) is 5.82 Å². The second-order valence-corrected chi connectivity index (χ2v) is 3.54. The van der Waals surface area contributed by atoms with Crippen LogP contribution in [0.15, 0.2) is 17.3 Å². The molecular weight excluding hydrogens is 176 g/mol. The van der Waals surface area contributed by atoms with E-state index in [2.05, 4.69) is 22.3 Å². The molecule has 4 nitrogen and oxygen atoms in total. The Bertz CT molecular complexity index is 336. The number of anilines is 1. The van der Waals surface area contributed by atoms with Crippen molar-refractivity contribution in [3.05, 3.63) is 12.3 Å². The summed E-state index contributed by atoms with van der Waals surface area (Å²) in [5.74, 6) is 2.79. The van der Waals surface area contributed by atoms with Crippen LogP contribution in [0.25, 0.3) is 0 Å². The third-order valence-electron chi connectivity index (χ3n) is 2.48. The van der Waals surface area contributed by atoms with E-state index in [4.69, 9.17) is 0 Å². The molecule has 0 radical (unpaired) electrons. The van der Waals surface area contributed by atoms with Gasteiger partial charge >= 0.3 is 0 Å². The predicted octanol–water partition coefficient (Wildman–Crippen LogP) is 1.75. The lowest BCUT2D eigenvalue weighted by Gasteiger charge is -2.09. The van der Waals surface area contributed by atoms with Gasteiger partial charge in [0.1, 0.15) is 11.7 Å². The Balaban J connectivity index is 2.08. The molecule has 1 aliphatic rings. The molecule has 1 fully saturated rings. The molecule has 0 aliphatic heterocycles. The Morgan fingerprint density at radius 2 is 2.50 bits per heavy atom. The normalized spacial score (nSPS) is 17.1. The van der Waals surface area contributed by atoms with Crippen molar-refractivity contribution < 1.29 is 0 Å². The number of amidine groups is 1. The molecule has 1 aliphatic carbocycles. The van der Waals surface area contributed by atoms with Gasteiger partial charge in [-0.25, -0.2) is 4.68 Å². The van der Waals surface area contributed by atoms with Gasteiger partial charge in [0.2, 0.25) is 0 Å². The summed E-state index contributed by atoms with van der Waals surface area (Å²) >= 11 is 0. The molecule has 4 heteroatoms. The van der Waals surface area contributed by atoms with E-state index in [-0.39, 0.29) is 0 Å². The molecule has 0 aromatic carbocycles. The van der Waals surface area contributed by atoms with Crippen LogP contribution in [0, 0.1) is 5.92 Å². The highest BCUT2D eigenvalue weighted by Crippen LogP contribution is 2.30. The maximum Gasteiger partial charge on any atom is 0.129 e. The van der Waals surface area contributed by atoms with Crippen LogP contribution in [0.3, 0.4) is 0 Å². The molecule has 0 unspecified atom stereocenters. The average molecular weight is 192 g/mol. The molecule has 1 aromatic rings. The average Bonchev–Trinajstić information content (AvgIpc) is 2.95. The summed E-state index contributed by atoms with van der Waals surface area (Å²) in [6.07, 6.45) is 4.34. The molecule has 14 heavy (non-hydrogen) atoms. The number of rotatable bonds is 3. The van der Waals surface area contributed by atoms with Gasteiger partial charge in [-0.05, 0) is 19.8 Å². The first-order chi connectivity index (χ1) is 6.85. The van der Waals surface area contributed by atoms with E-state index in [0.29, 0.717) is 5.92 Å². The maximum atomic E-state index is 4.26. The van der Waals surface area contributed by atoms with Gasteiger partial charge in [-0.3, -0.25) is 4.99 Å².